The van der Waals surface area contributed by atoms with Crippen molar-refractivity contribution < 1.29 is 4.79 Å². The Balaban J connectivity index is 1.53. The molecule has 0 spiro atoms. The van der Waals surface area contributed by atoms with E-state index in [0.717, 1.165) is 49.2 Å². The van der Waals surface area contributed by atoms with Gasteiger partial charge in [0.15, 0.2) is 0 Å². The molecule has 1 aliphatic heterocycles. The Hall–Kier alpha value is -1.89. The van der Waals surface area contributed by atoms with Crippen LogP contribution in [0.25, 0.3) is 0 Å². The summed E-state index contributed by atoms with van der Waals surface area (Å²) >= 11 is 1.73. The maximum absolute atomic E-state index is 12.5. The van der Waals surface area contributed by atoms with Gasteiger partial charge in [0.2, 0.25) is 0 Å². The number of nitrogens with zero attached hydrogens (tertiary/aromatic N) is 3. The molecule has 2 aromatic rings. The van der Waals surface area contributed by atoms with Crippen molar-refractivity contribution in [2.75, 3.05) is 13.1 Å². The Morgan fingerprint density at radius 2 is 2.39 bits per heavy atom. The molecule has 1 aliphatic rings. The third kappa shape index (κ3) is 3.90. The van der Waals surface area contributed by atoms with Crippen molar-refractivity contribution in [1.29, 1.82) is 0 Å². The number of aromatic nitrogens is 3. The Morgan fingerprint density at radius 3 is 3.13 bits per heavy atom. The highest BCUT2D eigenvalue weighted by atomic mass is 32.1. The van der Waals surface area contributed by atoms with E-state index >= 15 is 0 Å². The third-order valence-corrected chi connectivity index (χ3v) is 5.43. The average molecular weight is 333 g/mol. The van der Waals surface area contributed by atoms with E-state index < -0.39 is 0 Å². The monoisotopic (exact) mass is 333 g/mol. The molecule has 23 heavy (non-hydrogen) atoms. The quantitative estimate of drug-likeness (QED) is 0.883. The van der Waals surface area contributed by atoms with E-state index in [0.29, 0.717) is 6.54 Å². The highest BCUT2D eigenvalue weighted by Crippen LogP contribution is 2.30. The van der Waals surface area contributed by atoms with E-state index in [-0.39, 0.29) is 12.1 Å². The van der Waals surface area contributed by atoms with Gasteiger partial charge in [-0.05, 0) is 25.7 Å². The number of hydrogen-bond donors (Lipinski definition) is 2. The van der Waals surface area contributed by atoms with Gasteiger partial charge in [0, 0.05) is 42.3 Å². The molecule has 2 amide bonds. The molecular formula is C16H23N5OS. The van der Waals surface area contributed by atoms with Crippen LogP contribution in [0.3, 0.4) is 0 Å². The second kappa shape index (κ2) is 7.59. The number of H-pyrrole nitrogens is 1. The molecule has 0 saturated carbocycles. The number of piperidine rings is 1. The largest absolute Gasteiger partial charge is 0.338 e. The molecule has 6 nitrogen and oxygen atoms in total. The minimum Gasteiger partial charge on any atom is -0.338 e. The summed E-state index contributed by atoms with van der Waals surface area (Å²) in [6.45, 7) is 3.56. The summed E-state index contributed by atoms with van der Waals surface area (Å²) in [6, 6.07) is 0.150. The minimum atomic E-state index is 0.0168. The first-order valence-electron chi connectivity index (χ1n) is 8.24. The normalized spacial score (nSPS) is 18.1. The molecule has 1 fully saturated rings. The van der Waals surface area contributed by atoms with Crippen molar-refractivity contribution >= 4 is 17.4 Å². The number of nitrogens with one attached hydrogen (secondary N) is 2. The lowest BCUT2D eigenvalue weighted by atomic mass is 9.98. The van der Waals surface area contributed by atoms with Gasteiger partial charge < -0.3 is 10.2 Å². The summed E-state index contributed by atoms with van der Waals surface area (Å²) in [7, 11) is 0. The smallest absolute Gasteiger partial charge is 0.317 e. The van der Waals surface area contributed by atoms with E-state index in [1.54, 1.807) is 11.3 Å². The lowest BCUT2D eigenvalue weighted by Crippen LogP contribution is -2.45. The van der Waals surface area contributed by atoms with Gasteiger partial charge in [0.1, 0.15) is 0 Å². The summed E-state index contributed by atoms with van der Waals surface area (Å²) in [5, 5.41) is 11.0. The van der Waals surface area contributed by atoms with Crippen LogP contribution in [0.1, 0.15) is 47.7 Å². The van der Waals surface area contributed by atoms with Gasteiger partial charge in [0.25, 0.3) is 0 Å². The molecular weight excluding hydrogens is 310 g/mol. The topological polar surface area (TPSA) is 73.9 Å². The SMILES string of the molecule is CCc1cnc(CCNC(=O)N2CCCC[C@@H]2c2cn[nH]c2)s1. The van der Waals surface area contributed by atoms with Gasteiger partial charge in [-0.2, -0.15) is 5.10 Å². The Bertz CT molecular complexity index is 624. The molecule has 124 valence electrons. The lowest BCUT2D eigenvalue weighted by Gasteiger charge is -2.35. The van der Waals surface area contributed by atoms with E-state index in [4.69, 9.17) is 0 Å². The molecule has 1 atom stereocenters. The molecule has 0 unspecified atom stereocenters. The number of carbonyl (C=O) groups is 1. The van der Waals surface area contributed by atoms with Gasteiger partial charge in [0.05, 0.1) is 17.2 Å². The van der Waals surface area contributed by atoms with Gasteiger partial charge in [-0.15, -0.1) is 11.3 Å². The van der Waals surface area contributed by atoms with Crippen LogP contribution < -0.4 is 5.32 Å². The molecule has 2 N–H and O–H groups in total. The number of hydrogen-bond acceptors (Lipinski definition) is 4. The number of amides is 2. The Labute approximate surface area is 140 Å². The summed E-state index contributed by atoms with van der Waals surface area (Å²) in [5.41, 5.74) is 1.09. The Morgan fingerprint density at radius 1 is 1.48 bits per heavy atom. The molecule has 0 bridgehead atoms. The summed E-state index contributed by atoms with van der Waals surface area (Å²) < 4.78 is 0. The number of aryl methyl sites for hydroxylation is 1. The van der Waals surface area contributed by atoms with Crippen LogP contribution in [0, 0.1) is 0 Å². The van der Waals surface area contributed by atoms with Crippen molar-refractivity contribution in [3.05, 3.63) is 34.0 Å². The van der Waals surface area contributed by atoms with E-state index in [1.807, 2.05) is 23.5 Å². The van der Waals surface area contributed by atoms with E-state index in [1.165, 1.54) is 4.88 Å². The fraction of sp³-hybridized carbons (Fsp3) is 0.562. The zero-order valence-electron chi connectivity index (χ0n) is 13.4. The number of rotatable bonds is 5. The number of carbonyl (C=O) groups excluding carboxylic acids is 1. The maximum Gasteiger partial charge on any atom is 0.317 e. The standard InChI is InChI=1S/C16H23N5OS/c1-2-13-11-18-15(23-13)6-7-17-16(22)21-8-4-3-5-14(21)12-9-19-20-10-12/h9-11,14H,2-8H2,1H3,(H,17,22)(H,19,20)/t14-/m1/s1. The Kier molecular flexibility index (Phi) is 5.27. The predicted octanol–water partition coefficient (Wildman–Crippen LogP) is 2.91. The molecule has 0 aliphatic carbocycles. The molecule has 3 rings (SSSR count). The second-order valence-electron chi connectivity index (χ2n) is 5.79. The van der Waals surface area contributed by atoms with Crippen LogP contribution in [0.4, 0.5) is 4.79 Å². The van der Waals surface area contributed by atoms with E-state index in [9.17, 15) is 4.79 Å². The fourth-order valence-electron chi connectivity index (χ4n) is 2.97. The van der Waals surface area contributed by atoms with Crippen LogP contribution in [-0.2, 0) is 12.8 Å². The lowest BCUT2D eigenvalue weighted by molar-refractivity contribution is 0.151. The van der Waals surface area contributed by atoms with Gasteiger partial charge in [-0.3, -0.25) is 5.10 Å². The van der Waals surface area contributed by atoms with Crippen LogP contribution >= 0.6 is 11.3 Å². The number of likely N-dealkylation sites (tertiary alicyclic amines) is 1. The fourth-order valence-corrected chi connectivity index (χ4v) is 3.83. The van der Waals surface area contributed by atoms with Crippen molar-refractivity contribution in [1.82, 2.24) is 25.4 Å². The van der Waals surface area contributed by atoms with Crippen molar-refractivity contribution in [2.45, 2.75) is 45.1 Å². The van der Waals surface area contributed by atoms with Gasteiger partial charge >= 0.3 is 6.03 Å². The molecule has 2 aromatic heterocycles. The third-order valence-electron chi connectivity index (χ3n) is 4.23. The molecule has 0 radical (unpaired) electrons. The minimum absolute atomic E-state index is 0.0168. The summed E-state index contributed by atoms with van der Waals surface area (Å²) in [4.78, 5) is 20.1. The average Bonchev–Trinajstić information content (AvgIpc) is 3.26. The van der Waals surface area contributed by atoms with Gasteiger partial charge in [-0.25, -0.2) is 9.78 Å². The van der Waals surface area contributed by atoms with Crippen molar-refractivity contribution in [2.24, 2.45) is 0 Å². The first kappa shape index (κ1) is 16.0. The number of urea groups is 1. The first-order chi connectivity index (χ1) is 11.3. The maximum atomic E-state index is 12.5. The number of thiazole rings is 1. The first-order valence-corrected chi connectivity index (χ1v) is 9.06. The number of aromatic amines is 1. The van der Waals surface area contributed by atoms with Crippen LogP contribution in [0.15, 0.2) is 18.6 Å². The molecule has 7 heteroatoms. The van der Waals surface area contributed by atoms with Crippen molar-refractivity contribution in [3.8, 4) is 0 Å². The van der Waals surface area contributed by atoms with Crippen molar-refractivity contribution in [3.63, 3.8) is 0 Å². The van der Waals surface area contributed by atoms with Crippen LogP contribution in [-0.4, -0.2) is 39.2 Å². The zero-order chi connectivity index (χ0) is 16.1. The van der Waals surface area contributed by atoms with E-state index in [2.05, 4.69) is 27.4 Å². The van der Waals surface area contributed by atoms with Crippen LogP contribution in [0.2, 0.25) is 0 Å². The predicted molar refractivity (Wildman–Crippen MR) is 90.5 cm³/mol. The summed E-state index contributed by atoms with van der Waals surface area (Å²) in [5.74, 6) is 0. The second-order valence-corrected chi connectivity index (χ2v) is 6.99. The molecule has 1 saturated heterocycles. The molecule has 3 heterocycles. The highest BCUT2D eigenvalue weighted by molar-refractivity contribution is 7.11. The van der Waals surface area contributed by atoms with Crippen LogP contribution in [0.5, 0.6) is 0 Å². The molecule has 0 aromatic carbocycles. The summed E-state index contributed by atoms with van der Waals surface area (Å²) in [6.07, 6.45) is 10.7. The highest BCUT2D eigenvalue weighted by Gasteiger charge is 2.28. The zero-order valence-corrected chi connectivity index (χ0v) is 14.2. The van der Waals surface area contributed by atoms with Gasteiger partial charge in [-0.1, -0.05) is 6.92 Å².